The molecular weight excluding hydrogens is 316 g/mol. The fourth-order valence-electron chi connectivity index (χ4n) is 3.17. The summed E-state index contributed by atoms with van der Waals surface area (Å²) < 4.78 is 5.88. The molecule has 0 aliphatic heterocycles. The van der Waals surface area contributed by atoms with Crippen molar-refractivity contribution in [2.75, 3.05) is 5.73 Å². The quantitative estimate of drug-likeness (QED) is 0.892. The summed E-state index contributed by atoms with van der Waals surface area (Å²) >= 11 is 0. The maximum atomic E-state index is 12.0. The van der Waals surface area contributed by atoms with Crippen molar-refractivity contribution in [3.8, 4) is 23.3 Å². The lowest BCUT2D eigenvalue weighted by Crippen LogP contribution is -2.16. The van der Waals surface area contributed by atoms with Gasteiger partial charge in [-0.05, 0) is 24.0 Å². The van der Waals surface area contributed by atoms with Gasteiger partial charge in [0.1, 0.15) is 29.1 Å². The van der Waals surface area contributed by atoms with Crippen molar-refractivity contribution in [2.24, 2.45) is 0 Å². The van der Waals surface area contributed by atoms with Crippen LogP contribution >= 0.6 is 0 Å². The van der Waals surface area contributed by atoms with E-state index in [2.05, 4.69) is 4.98 Å². The minimum Gasteiger partial charge on any atom is -0.384 e. The Labute approximate surface area is 145 Å². The van der Waals surface area contributed by atoms with Gasteiger partial charge in [0.05, 0.1) is 12.7 Å². The molecule has 25 heavy (non-hydrogen) atoms. The van der Waals surface area contributed by atoms with Crippen molar-refractivity contribution in [1.29, 1.82) is 10.5 Å². The number of pyridine rings is 1. The van der Waals surface area contributed by atoms with E-state index < -0.39 is 5.56 Å². The Hall–Kier alpha value is -3.09. The number of nitriles is 2. The molecule has 6 nitrogen and oxygen atoms in total. The molecule has 126 valence electrons. The Balaban J connectivity index is 1.91. The lowest BCUT2D eigenvalue weighted by molar-refractivity contribution is 0.0457. The topological polar surface area (TPSA) is 116 Å². The predicted molar refractivity (Wildman–Crippen MR) is 93.4 cm³/mol. The summed E-state index contributed by atoms with van der Waals surface area (Å²) in [5.41, 5.74) is 7.02. The number of aromatic amines is 1. The third-order valence-electron chi connectivity index (χ3n) is 4.50. The molecule has 3 N–H and O–H groups in total. The number of hydrogen-bond acceptors (Lipinski definition) is 5. The summed E-state index contributed by atoms with van der Waals surface area (Å²) in [6.07, 6.45) is 5.01. The highest BCUT2D eigenvalue weighted by Crippen LogP contribution is 2.28. The van der Waals surface area contributed by atoms with Gasteiger partial charge in [0.25, 0.3) is 5.56 Å². The molecule has 0 radical (unpaired) electrons. The van der Waals surface area contributed by atoms with E-state index in [1.54, 1.807) is 12.1 Å². The normalized spacial score (nSPS) is 14.2. The number of nitrogens with two attached hydrogens (primary N) is 1. The number of nitrogens with one attached hydrogen (secondary N) is 1. The average molecular weight is 334 g/mol. The molecule has 6 heteroatoms. The standard InChI is InChI=1S/C19H18N4O2/c20-9-15-17(16(10-21)19(24)23-18(15)22)13-7-5-12(6-8-13)11-25-14-3-1-2-4-14/h5-8,14H,1-4,11H2,(H3,22,23,24). The molecule has 2 aromatic rings. The van der Waals surface area contributed by atoms with Gasteiger partial charge in [-0.15, -0.1) is 0 Å². The monoisotopic (exact) mass is 334 g/mol. The second-order valence-corrected chi connectivity index (χ2v) is 6.13. The molecule has 1 aromatic heterocycles. The van der Waals surface area contributed by atoms with E-state index in [0.29, 0.717) is 18.3 Å². The van der Waals surface area contributed by atoms with Crippen LogP contribution in [0.1, 0.15) is 42.4 Å². The number of anilines is 1. The molecule has 1 heterocycles. The summed E-state index contributed by atoms with van der Waals surface area (Å²) in [5, 5.41) is 18.6. The van der Waals surface area contributed by atoms with Crippen molar-refractivity contribution in [3.63, 3.8) is 0 Å². The predicted octanol–water partition coefficient (Wildman–Crippen LogP) is 2.83. The van der Waals surface area contributed by atoms with E-state index in [-0.39, 0.29) is 22.5 Å². The van der Waals surface area contributed by atoms with Crippen molar-refractivity contribution in [1.82, 2.24) is 4.98 Å². The summed E-state index contributed by atoms with van der Waals surface area (Å²) in [4.78, 5) is 14.3. The van der Waals surface area contributed by atoms with Gasteiger partial charge >= 0.3 is 0 Å². The summed E-state index contributed by atoms with van der Waals surface area (Å²) in [5.74, 6) is -0.0323. The van der Waals surface area contributed by atoms with Crippen LogP contribution in [0.4, 0.5) is 5.82 Å². The number of aromatic nitrogens is 1. The van der Waals surface area contributed by atoms with Crippen LogP contribution in [-0.4, -0.2) is 11.1 Å². The van der Waals surface area contributed by atoms with Gasteiger partial charge < -0.3 is 15.5 Å². The zero-order valence-electron chi connectivity index (χ0n) is 13.7. The SMILES string of the molecule is N#Cc1c(N)[nH]c(=O)c(C#N)c1-c1ccc(COC2CCCC2)cc1. The number of hydrogen-bond donors (Lipinski definition) is 2. The van der Waals surface area contributed by atoms with E-state index in [4.69, 9.17) is 10.5 Å². The van der Waals surface area contributed by atoms with Gasteiger partial charge in [-0.3, -0.25) is 4.79 Å². The summed E-state index contributed by atoms with van der Waals surface area (Å²) in [6, 6.07) is 11.2. The number of rotatable bonds is 4. The second kappa shape index (κ2) is 7.21. The Morgan fingerprint density at radius 1 is 1.12 bits per heavy atom. The zero-order chi connectivity index (χ0) is 17.8. The Bertz CT molecular complexity index is 911. The highest BCUT2D eigenvalue weighted by atomic mass is 16.5. The van der Waals surface area contributed by atoms with Crippen LogP contribution in [0.25, 0.3) is 11.1 Å². The minimum atomic E-state index is -0.595. The molecule has 0 spiro atoms. The molecule has 1 fully saturated rings. The van der Waals surface area contributed by atoms with Crippen LogP contribution in [0.2, 0.25) is 0 Å². The fraction of sp³-hybridized carbons (Fsp3) is 0.316. The van der Waals surface area contributed by atoms with Crippen LogP contribution in [0.15, 0.2) is 29.1 Å². The van der Waals surface area contributed by atoms with Crippen molar-refractivity contribution in [3.05, 3.63) is 51.3 Å². The lowest BCUT2D eigenvalue weighted by atomic mass is 9.96. The van der Waals surface area contributed by atoms with Crippen LogP contribution in [0.3, 0.4) is 0 Å². The first-order valence-corrected chi connectivity index (χ1v) is 8.21. The molecule has 0 unspecified atom stereocenters. The molecule has 1 aliphatic carbocycles. The van der Waals surface area contributed by atoms with Gasteiger partial charge in [0.15, 0.2) is 0 Å². The largest absolute Gasteiger partial charge is 0.384 e. The number of ether oxygens (including phenoxy) is 1. The summed E-state index contributed by atoms with van der Waals surface area (Å²) in [7, 11) is 0. The number of benzene rings is 1. The first-order valence-electron chi connectivity index (χ1n) is 8.21. The van der Waals surface area contributed by atoms with Gasteiger partial charge in [-0.2, -0.15) is 10.5 Å². The van der Waals surface area contributed by atoms with E-state index in [1.807, 2.05) is 24.3 Å². The highest BCUT2D eigenvalue weighted by molar-refractivity contribution is 5.80. The van der Waals surface area contributed by atoms with E-state index in [9.17, 15) is 15.3 Å². The van der Waals surface area contributed by atoms with Crippen LogP contribution < -0.4 is 11.3 Å². The Morgan fingerprint density at radius 2 is 1.76 bits per heavy atom. The zero-order valence-corrected chi connectivity index (χ0v) is 13.7. The average Bonchev–Trinajstić information content (AvgIpc) is 3.13. The molecular formula is C19H18N4O2. The lowest BCUT2D eigenvalue weighted by Gasteiger charge is -2.12. The molecule has 1 aliphatic rings. The van der Waals surface area contributed by atoms with Gasteiger partial charge in [-0.25, -0.2) is 0 Å². The molecule has 3 rings (SSSR count). The van der Waals surface area contributed by atoms with Crippen molar-refractivity contribution in [2.45, 2.75) is 38.4 Å². The molecule has 0 bridgehead atoms. The van der Waals surface area contributed by atoms with Crippen LogP contribution in [0, 0.1) is 22.7 Å². The smallest absolute Gasteiger partial charge is 0.268 e. The summed E-state index contributed by atoms with van der Waals surface area (Å²) in [6.45, 7) is 0.526. The minimum absolute atomic E-state index is 0.0323. The number of nitrogen functional groups attached to an aromatic ring is 1. The first kappa shape index (κ1) is 16.8. The van der Waals surface area contributed by atoms with Crippen LogP contribution in [0.5, 0.6) is 0 Å². The third-order valence-corrected chi connectivity index (χ3v) is 4.50. The molecule has 1 aromatic carbocycles. The van der Waals surface area contributed by atoms with Crippen molar-refractivity contribution < 1.29 is 4.74 Å². The van der Waals surface area contributed by atoms with Gasteiger partial charge in [0.2, 0.25) is 0 Å². The molecule has 0 amide bonds. The Kier molecular flexibility index (Phi) is 4.83. The maximum absolute atomic E-state index is 12.0. The Morgan fingerprint density at radius 3 is 2.36 bits per heavy atom. The maximum Gasteiger partial charge on any atom is 0.268 e. The van der Waals surface area contributed by atoms with E-state index >= 15 is 0 Å². The van der Waals surface area contributed by atoms with E-state index in [1.165, 1.54) is 12.8 Å². The van der Waals surface area contributed by atoms with E-state index in [0.717, 1.165) is 18.4 Å². The molecule has 0 saturated heterocycles. The van der Waals surface area contributed by atoms with Crippen LogP contribution in [-0.2, 0) is 11.3 Å². The van der Waals surface area contributed by atoms with Gasteiger partial charge in [0, 0.05) is 5.56 Å². The van der Waals surface area contributed by atoms with Crippen molar-refractivity contribution >= 4 is 5.82 Å². The number of H-pyrrole nitrogens is 1. The van der Waals surface area contributed by atoms with Gasteiger partial charge in [-0.1, -0.05) is 37.1 Å². The first-order chi connectivity index (χ1) is 12.1. The third kappa shape index (κ3) is 3.40. The molecule has 0 atom stereocenters. The highest BCUT2D eigenvalue weighted by Gasteiger charge is 2.18. The second-order valence-electron chi connectivity index (χ2n) is 6.13. The number of nitrogens with zero attached hydrogens (tertiary/aromatic N) is 2. The molecule has 1 saturated carbocycles. The fourth-order valence-corrected chi connectivity index (χ4v) is 3.17.